The lowest BCUT2D eigenvalue weighted by Crippen LogP contribution is -2.49. The zero-order valence-corrected chi connectivity index (χ0v) is 14.2. The van der Waals surface area contributed by atoms with Crippen molar-refractivity contribution >= 4 is 11.5 Å². The van der Waals surface area contributed by atoms with Gasteiger partial charge in [-0.2, -0.15) is 0 Å². The van der Waals surface area contributed by atoms with Crippen molar-refractivity contribution in [1.29, 1.82) is 0 Å². The van der Waals surface area contributed by atoms with Crippen LogP contribution in [0.1, 0.15) is 31.0 Å². The number of benzene rings is 2. The maximum Gasteiger partial charge on any atom is 0.273 e. The number of non-ortho nitro benzene ring substituents is 1. The summed E-state index contributed by atoms with van der Waals surface area (Å²) in [5.41, 5.74) is 0.736. The number of carbonyl (C=O) groups excluding carboxylic acids is 1. The van der Waals surface area contributed by atoms with E-state index in [1.54, 1.807) is 19.9 Å². The highest BCUT2D eigenvalue weighted by atomic mass is 16.6. The van der Waals surface area contributed by atoms with Gasteiger partial charge in [0.25, 0.3) is 5.69 Å². The van der Waals surface area contributed by atoms with Crippen LogP contribution in [0.25, 0.3) is 0 Å². The fraction of sp³-hybridized carbons (Fsp3) is 0.316. The molecule has 0 aromatic heterocycles. The minimum Gasteiger partial charge on any atom is -0.479 e. The Hall–Kier alpha value is -2.73. The highest BCUT2D eigenvalue weighted by Crippen LogP contribution is 2.39. The van der Waals surface area contributed by atoms with Crippen molar-refractivity contribution in [2.45, 2.75) is 31.9 Å². The number of hydrogen-bond acceptors (Lipinski definition) is 5. The van der Waals surface area contributed by atoms with Crippen LogP contribution in [0.3, 0.4) is 0 Å². The molecule has 1 atom stereocenters. The second kappa shape index (κ2) is 6.64. The highest BCUT2D eigenvalue weighted by Gasteiger charge is 2.42. The molecule has 1 N–H and O–H groups in total. The van der Waals surface area contributed by atoms with Gasteiger partial charge in [-0.15, -0.1) is 0 Å². The Balaban J connectivity index is 1.82. The zero-order chi connectivity index (χ0) is 18.0. The van der Waals surface area contributed by atoms with Crippen LogP contribution < -0.4 is 10.1 Å². The number of Topliss-reactive ketones (excluding diaryl/α,β-unsaturated/α-hetero) is 1. The normalized spacial score (nSPS) is 18.3. The Morgan fingerprint density at radius 1 is 1.20 bits per heavy atom. The second-order valence-corrected chi connectivity index (χ2v) is 6.58. The van der Waals surface area contributed by atoms with Gasteiger partial charge in [-0.05, 0) is 31.9 Å². The monoisotopic (exact) mass is 340 g/mol. The summed E-state index contributed by atoms with van der Waals surface area (Å²) in [5.74, 6) is 0.304. The van der Waals surface area contributed by atoms with E-state index in [-0.39, 0.29) is 11.5 Å². The molecule has 0 saturated heterocycles. The Labute approximate surface area is 146 Å². The van der Waals surface area contributed by atoms with Gasteiger partial charge in [-0.25, -0.2) is 0 Å². The molecule has 0 amide bonds. The molecule has 25 heavy (non-hydrogen) atoms. The van der Waals surface area contributed by atoms with Gasteiger partial charge in [0.05, 0.1) is 17.0 Å². The molecule has 0 aliphatic carbocycles. The molecule has 0 bridgehead atoms. The predicted octanol–water partition coefficient (Wildman–Crippen LogP) is 3.21. The van der Waals surface area contributed by atoms with E-state index in [2.05, 4.69) is 5.32 Å². The molecule has 6 heteroatoms. The number of nitrogens with one attached hydrogen (secondary N) is 1. The lowest BCUT2D eigenvalue weighted by molar-refractivity contribution is -0.385. The Bertz CT molecular complexity index is 802. The standard InChI is InChI=1S/C19H20N2O4/c1-19(2)18(22)17(20-11-10-13-6-4-3-5-7-13)15-9-8-14(21(23)24)12-16(15)25-19/h3-9,12,17,20H,10-11H2,1-2H3. The second-order valence-electron chi connectivity index (χ2n) is 6.58. The van der Waals surface area contributed by atoms with E-state index < -0.39 is 16.6 Å². The minimum absolute atomic E-state index is 0.0491. The molecule has 0 radical (unpaired) electrons. The molecule has 1 aliphatic heterocycles. The summed E-state index contributed by atoms with van der Waals surface area (Å²) < 4.78 is 5.72. The van der Waals surface area contributed by atoms with Crippen molar-refractivity contribution in [1.82, 2.24) is 5.32 Å². The first-order chi connectivity index (χ1) is 11.9. The van der Waals surface area contributed by atoms with E-state index in [1.165, 1.54) is 17.7 Å². The quantitative estimate of drug-likeness (QED) is 0.668. The van der Waals surface area contributed by atoms with Crippen LogP contribution >= 0.6 is 0 Å². The number of carbonyl (C=O) groups is 1. The van der Waals surface area contributed by atoms with Crippen molar-refractivity contribution in [2.24, 2.45) is 0 Å². The molecular weight excluding hydrogens is 320 g/mol. The SMILES string of the molecule is CC1(C)Oc2cc([N+](=O)[O-])ccc2C(NCCc2ccccc2)C1=O. The van der Waals surface area contributed by atoms with E-state index >= 15 is 0 Å². The largest absolute Gasteiger partial charge is 0.479 e. The number of fused-ring (bicyclic) bond motifs is 1. The van der Waals surface area contributed by atoms with Crippen LogP contribution in [0.4, 0.5) is 5.69 Å². The van der Waals surface area contributed by atoms with Crippen LogP contribution in [0.2, 0.25) is 0 Å². The Kier molecular flexibility index (Phi) is 4.55. The maximum atomic E-state index is 12.7. The van der Waals surface area contributed by atoms with Gasteiger partial charge in [-0.3, -0.25) is 14.9 Å². The molecule has 130 valence electrons. The lowest BCUT2D eigenvalue weighted by atomic mass is 9.88. The van der Waals surface area contributed by atoms with Gasteiger partial charge < -0.3 is 10.1 Å². The average molecular weight is 340 g/mol. The van der Waals surface area contributed by atoms with E-state index in [0.717, 1.165) is 6.42 Å². The average Bonchev–Trinajstić information content (AvgIpc) is 2.58. The number of ether oxygens (including phenoxy) is 1. The van der Waals surface area contributed by atoms with Crippen LogP contribution in [0.5, 0.6) is 5.75 Å². The van der Waals surface area contributed by atoms with Crippen LogP contribution in [0.15, 0.2) is 48.5 Å². The molecular formula is C19H20N2O4. The summed E-state index contributed by atoms with van der Waals surface area (Å²) in [6.07, 6.45) is 0.786. The van der Waals surface area contributed by atoms with E-state index in [4.69, 9.17) is 4.74 Å². The number of hydrogen-bond donors (Lipinski definition) is 1. The molecule has 3 rings (SSSR count). The van der Waals surface area contributed by atoms with Crippen molar-refractivity contribution in [3.05, 3.63) is 69.8 Å². The molecule has 2 aromatic carbocycles. The molecule has 1 unspecified atom stereocenters. The fourth-order valence-corrected chi connectivity index (χ4v) is 2.99. The number of rotatable bonds is 5. The molecule has 0 spiro atoms. The van der Waals surface area contributed by atoms with Gasteiger partial charge in [0.2, 0.25) is 0 Å². The van der Waals surface area contributed by atoms with Crippen molar-refractivity contribution in [2.75, 3.05) is 6.54 Å². The van der Waals surface area contributed by atoms with E-state index in [1.807, 2.05) is 30.3 Å². The maximum absolute atomic E-state index is 12.7. The fourth-order valence-electron chi connectivity index (χ4n) is 2.99. The molecule has 0 fully saturated rings. The van der Waals surface area contributed by atoms with Crippen LogP contribution in [-0.4, -0.2) is 22.9 Å². The number of nitro benzene ring substituents is 1. The lowest BCUT2D eigenvalue weighted by Gasteiger charge is -2.36. The highest BCUT2D eigenvalue weighted by molar-refractivity contribution is 5.94. The van der Waals surface area contributed by atoms with Gasteiger partial charge in [0.15, 0.2) is 11.4 Å². The zero-order valence-electron chi connectivity index (χ0n) is 14.2. The van der Waals surface area contributed by atoms with E-state index in [9.17, 15) is 14.9 Å². The summed E-state index contributed by atoms with van der Waals surface area (Å²) in [4.78, 5) is 23.3. The molecule has 2 aromatic rings. The number of nitro groups is 1. The predicted molar refractivity (Wildman–Crippen MR) is 93.7 cm³/mol. The summed E-state index contributed by atoms with van der Waals surface area (Å²) in [6, 6.07) is 13.8. The summed E-state index contributed by atoms with van der Waals surface area (Å²) in [7, 11) is 0. The van der Waals surface area contributed by atoms with Gasteiger partial charge in [-0.1, -0.05) is 30.3 Å². The molecule has 6 nitrogen and oxygen atoms in total. The first kappa shape index (κ1) is 17.1. The van der Waals surface area contributed by atoms with Crippen molar-refractivity contribution < 1.29 is 14.5 Å². The summed E-state index contributed by atoms with van der Waals surface area (Å²) in [5, 5.41) is 14.3. The van der Waals surface area contributed by atoms with Crippen LogP contribution in [-0.2, 0) is 11.2 Å². The van der Waals surface area contributed by atoms with Crippen molar-refractivity contribution in [3.63, 3.8) is 0 Å². The third kappa shape index (κ3) is 3.53. The number of ketones is 1. The minimum atomic E-state index is -1.04. The van der Waals surface area contributed by atoms with Gasteiger partial charge >= 0.3 is 0 Å². The summed E-state index contributed by atoms with van der Waals surface area (Å²) >= 11 is 0. The Morgan fingerprint density at radius 2 is 1.92 bits per heavy atom. The first-order valence-electron chi connectivity index (χ1n) is 8.17. The molecule has 1 aliphatic rings. The number of nitrogens with zero attached hydrogens (tertiary/aromatic N) is 1. The summed E-state index contributed by atoms with van der Waals surface area (Å²) in [6.45, 7) is 3.99. The smallest absolute Gasteiger partial charge is 0.273 e. The van der Waals surface area contributed by atoms with Gasteiger partial charge in [0, 0.05) is 18.2 Å². The molecule has 1 heterocycles. The van der Waals surface area contributed by atoms with Crippen molar-refractivity contribution in [3.8, 4) is 5.75 Å². The van der Waals surface area contributed by atoms with Gasteiger partial charge in [0.1, 0.15) is 5.75 Å². The van der Waals surface area contributed by atoms with Crippen LogP contribution in [0, 0.1) is 10.1 Å². The third-order valence-electron chi connectivity index (χ3n) is 4.34. The topological polar surface area (TPSA) is 81.5 Å². The molecule has 0 saturated carbocycles. The third-order valence-corrected chi connectivity index (χ3v) is 4.34. The van der Waals surface area contributed by atoms with E-state index in [0.29, 0.717) is 17.9 Å². The Morgan fingerprint density at radius 3 is 2.60 bits per heavy atom. The first-order valence-corrected chi connectivity index (χ1v) is 8.17.